The van der Waals surface area contributed by atoms with Crippen molar-refractivity contribution in [3.8, 4) is 11.6 Å². The summed E-state index contributed by atoms with van der Waals surface area (Å²) in [4.78, 5) is 44.9. The number of aliphatic hydroxyl groups is 1. The Balaban J connectivity index is 1.79. The number of ether oxygens (including phenoxy) is 3. The van der Waals surface area contributed by atoms with E-state index in [0.29, 0.717) is 13.0 Å². The van der Waals surface area contributed by atoms with Gasteiger partial charge in [-0.3, -0.25) is 14.5 Å². The summed E-state index contributed by atoms with van der Waals surface area (Å²) in [5.74, 6) is -3.96. The average Bonchev–Trinajstić information content (AvgIpc) is 3.41. The van der Waals surface area contributed by atoms with Crippen LogP contribution in [0.5, 0.6) is 11.6 Å². The van der Waals surface area contributed by atoms with E-state index in [1.807, 2.05) is 59.8 Å². The normalized spacial score (nSPS) is 23.5. The van der Waals surface area contributed by atoms with Crippen LogP contribution in [0.3, 0.4) is 0 Å². The number of carbonyl (C=O) groups excluding carboxylic acids is 3. The molecule has 0 fully saturated rings. The van der Waals surface area contributed by atoms with Gasteiger partial charge < -0.3 is 28.3 Å². The van der Waals surface area contributed by atoms with Crippen molar-refractivity contribution < 1.29 is 47.0 Å². The maximum Gasteiger partial charge on any atom is 0.514 e. The van der Waals surface area contributed by atoms with E-state index in [4.69, 9.17) is 23.2 Å². The van der Waals surface area contributed by atoms with Crippen LogP contribution in [0.1, 0.15) is 111 Å². The molecule has 0 radical (unpaired) electrons. The molecule has 14 heteroatoms. The van der Waals surface area contributed by atoms with E-state index in [1.54, 1.807) is 20.8 Å². The van der Waals surface area contributed by atoms with Gasteiger partial charge in [0.2, 0.25) is 5.78 Å². The monoisotopic (exact) mass is 792 g/mol. The lowest BCUT2D eigenvalue weighted by atomic mass is 9.58. The number of hydrogen-bond donors (Lipinski definition) is 1. The standard InChI is InChI=1S/C37H50BrFN2O9Si/c1-13-14-15-46-33-24-30(49-40-33)27(41(9)10)21-17-19-16-20-23(29(25(38)18(2)26(20)39)47-34(45)48-35(3,4)5)28(42)22(19)31(43)37(21,32(24)44)50-51(11,12)36(6,7)8/h19,21,27,43H,13-17H2,1-12H3/t19-,21-,27-,37-/m0/s1. The minimum atomic E-state index is -2.93. The minimum Gasteiger partial charge on any atom is -0.508 e. The number of hydrogen-bond acceptors (Lipinski definition) is 11. The van der Waals surface area contributed by atoms with Crippen LogP contribution in [0.4, 0.5) is 9.18 Å². The fraction of sp³-hybridized carbons (Fsp3) is 0.622. The first-order valence-electron chi connectivity index (χ1n) is 17.4. The number of nitrogens with zero attached hydrogens (tertiary/aromatic N) is 2. The highest BCUT2D eigenvalue weighted by Gasteiger charge is 2.67. The number of aliphatic hydroxyl groups excluding tert-OH is 1. The summed E-state index contributed by atoms with van der Waals surface area (Å²) in [5, 5.41) is 16.5. The van der Waals surface area contributed by atoms with Crippen molar-refractivity contribution in [2.75, 3.05) is 20.7 Å². The third kappa shape index (κ3) is 6.48. The van der Waals surface area contributed by atoms with Crippen LogP contribution in [0.25, 0.3) is 0 Å². The second-order valence-corrected chi connectivity index (χ2v) is 22.1. The van der Waals surface area contributed by atoms with Crippen molar-refractivity contribution >= 4 is 42.0 Å². The number of benzene rings is 1. The van der Waals surface area contributed by atoms with Crippen molar-refractivity contribution in [2.24, 2.45) is 11.8 Å². The van der Waals surface area contributed by atoms with E-state index in [0.717, 1.165) is 6.42 Å². The average molecular weight is 794 g/mol. The zero-order valence-electron chi connectivity index (χ0n) is 31.6. The van der Waals surface area contributed by atoms with Crippen LogP contribution in [0, 0.1) is 24.6 Å². The maximum absolute atomic E-state index is 16.2. The summed E-state index contributed by atoms with van der Waals surface area (Å²) < 4.78 is 46.2. The van der Waals surface area contributed by atoms with Crippen LogP contribution in [0.2, 0.25) is 18.1 Å². The highest BCUT2D eigenvalue weighted by atomic mass is 79.9. The van der Waals surface area contributed by atoms with Gasteiger partial charge in [0, 0.05) is 22.6 Å². The molecule has 0 unspecified atom stereocenters. The zero-order chi connectivity index (χ0) is 38.2. The van der Waals surface area contributed by atoms with E-state index < -0.39 is 71.7 Å². The van der Waals surface area contributed by atoms with Gasteiger partial charge in [-0.05, 0) is 106 Å². The van der Waals surface area contributed by atoms with Crippen LogP contribution in [-0.2, 0) is 15.6 Å². The van der Waals surface area contributed by atoms with Crippen molar-refractivity contribution in [3.63, 3.8) is 0 Å². The molecule has 0 aliphatic heterocycles. The highest BCUT2D eigenvalue weighted by molar-refractivity contribution is 9.10. The van der Waals surface area contributed by atoms with Gasteiger partial charge in [-0.25, -0.2) is 9.18 Å². The van der Waals surface area contributed by atoms with E-state index >= 15 is 9.18 Å². The van der Waals surface area contributed by atoms with E-state index in [9.17, 15) is 14.7 Å². The fourth-order valence-corrected chi connectivity index (χ4v) is 9.08. The number of carbonyl (C=O) groups is 3. The summed E-state index contributed by atoms with van der Waals surface area (Å²) in [7, 11) is 0.738. The predicted octanol–water partition coefficient (Wildman–Crippen LogP) is 8.82. The molecule has 3 aliphatic rings. The van der Waals surface area contributed by atoms with Crippen molar-refractivity contribution in [2.45, 2.75) is 116 Å². The smallest absolute Gasteiger partial charge is 0.508 e. The number of fused-ring (bicyclic) bond motifs is 4. The highest BCUT2D eigenvalue weighted by Crippen LogP contribution is 2.60. The molecule has 1 N–H and O–H groups in total. The van der Waals surface area contributed by atoms with Crippen LogP contribution in [0.15, 0.2) is 20.3 Å². The summed E-state index contributed by atoms with van der Waals surface area (Å²) in [5.41, 5.74) is -3.00. The van der Waals surface area contributed by atoms with E-state index in [-0.39, 0.29) is 62.5 Å². The molecule has 1 aromatic carbocycles. The Morgan fingerprint density at radius 2 is 1.80 bits per heavy atom. The first-order valence-corrected chi connectivity index (χ1v) is 21.1. The number of aromatic nitrogens is 1. The number of allylic oxidation sites excluding steroid dienone is 1. The Kier molecular flexibility index (Phi) is 10.3. The molecule has 0 saturated heterocycles. The van der Waals surface area contributed by atoms with Crippen LogP contribution in [-0.4, -0.2) is 73.1 Å². The summed E-state index contributed by atoms with van der Waals surface area (Å²) in [6, 6.07) is -0.638. The van der Waals surface area contributed by atoms with Gasteiger partial charge in [0.15, 0.2) is 31.2 Å². The SMILES string of the molecule is CCCCOc1noc2c1C(=O)[C@@]1(O[Si](C)(C)C(C)(C)C)C(O)=C3C(=O)c4c(c(F)c(C)c(Br)c4OC(=O)OC(C)(C)C)C[C@H]3C[C@H]1[C@@H]2N(C)C. The lowest BCUT2D eigenvalue weighted by molar-refractivity contribution is -0.0481. The minimum absolute atomic E-state index is 0.00159. The van der Waals surface area contributed by atoms with Crippen LogP contribution < -0.4 is 9.47 Å². The third-order valence-electron chi connectivity index (χ3n) is 10.6. The van der Waals surface area contributed by atoms with Gasteiger partial charge in [-0.15, -0.1) is 0 Å². The molecule has 5 rings (SSSR count). The molecule has 1 aromatic heterocycles. The van der Waals surface area contributed by atoms with Gasteiger partial charge in [-0.2, -0.15) is 0 Å². The number of halogens is 2. The molecule has 2 aromatic rings. The quantitative estimate of drug-likeness (QED) is 0.119. The molecule has 0 amide bonds. The molecular formula is C37H50BrFN2O9Si. The van der Waals surface area contributed by atoms with Gasteiger partial charge in [0.25, 0.3) is 5.88 Å². The maximum atomic E-state index is 16.2. The Bertz CT molecular complexity index is 1810. The Hall–Kier alpha value is -3.07. The van der Waals surface area contributed by atoms with Gasteiger partial charge in [0.1, 0.15) is 22.7 Å². The molecule has 11 nitrogen and oxygen atoms in total. The van der Waals surface area contributed by atoms with Gasteiger partial charge in [0.05, 0.1) is 22.7 Å². The zero-order valence-corrected chi connectivity index (χ0v) is 34.2. The second-order valence-electron chi connectivity index (χ2n) is 16.6. The van der Waals surface area contributed by atoms with Crippen molar-refractivity contribution in [1.82, 2.24) is 10.1 Å². The lowest BCUT2D eigenvalue weighted by Crippen LogP contribution is -2.65. The number of unbranched alkanes of at least 4 members (excludes halogenated alkanes) is 1. The van der Waals surface area contributed by atoms with E-state index in [2.05, 4.69) is 21.1 Å². The topological polar surface area (TPSA) is 138 Å². The van der Waals surface area contributed by atoms with Gasteiger partial charge in [-0.1, -0.05) is 34.1 Å². The summed E-state index contributed by atoms with van der Waals surface area (Å²) >= 11 is 3.34. The second kappa shape index (κ2) is 13.4. The third-order valence-corrected chi connectivity index (χ3v) is 16.0. The largest absolute Gasteiger partial charge is 0.514 e. The Morgan fingerprint density at radius 1 is 1.16 bits per heavy atom. The summed E-state index contributed by atoms with van der Waals surface area (Å²) in [6.07, 6.45) is 0.628. The molecule has 3 aliphatic carbocycles. The molecule has 280 valence electrons. The molecule has 0 bridgehead atoms. The lowest BCUT2D eigenvalue weighted by Gasteiger charge is -2.55. The number of Topliss-reactive ketones (excluding diaryl/α,β-unsaturated/α-hetero) is 2. The van der Waals surface area contributed by atoms with E-state index in [1.165, 1.54) is 6.92 Å². The number of ketones is 2. The molecule has 4 atom stereocenters. The van der Waals surface area contributed by atoms with Crippen molar-refractivity contribution in [3.05, 3.63) is 49.6 Å². The predicted molar refractivity (Wildman–Crippen MR) is 194 cm³/mol. The first kappa shape index (κ1) is 39.1. The fourth-order valence-electron chi connectivity index (χ4n) is 7.18. The Morgan fingerprint density at radius 3 is 2.37 bits per heavy atom. The molecule has 1 heterocycles. The van der Waals surface area contributed by atoms with Crippen molar-refractivity contribution in [1.29, 1.82) is 0 Å². The first-order chi connectivity index (χ1) is 23.5. The molecule has 0 saturated carbocycles. The molecular weight excluding hydrogens is 743 g/mol. The van der Waals surface area contributed by atoms with Gasteiger partial charge >= 0.3 is 6.16 Å². The Labute approximate surface area is 308 Å². The summed E-state index contributed by atoms with van der Waals surface area (Å²) in [6.45, 7) is 18.8. The van der Waals surface area contributed by atoms with Crippen LogP contribution >= 0.6 is 15.9 Å². The number of rotatable bonds is 8. The molecule has 51 heavy (non-hydrogen) atoms. The molecule has 0 spiro atoms.